The van der Waals surface area contributed by atoms with E-state index in [1.54, 1.807) is 17.4 Å². The highest BCUT2D eigenvalue weighted by molar-refractivity contribution is 7.92. The molecular weight excluding hydrogens is 364 g/mol. The maximum absolute atomic E-state index is 13.1. The van der Waals surface area contributed by atoms with Gasteiger partial charge < -0.3 is 0 Å². The molecule has 6 heteroatoms. The smallest absolute Gasteiger partial charge is 0.262 e. The van der Waals surface area contributed by atoms with Crippen LogP contribution in [0.5, 0.6) is 0 Å². The molecule has 4 nitrogen and oxygen atoms in total. The van der Waals surface area contributed by atoms with Crippen molar-refractivity contribution in [2.75, 3.05) is 4.72 Å². The Balaban J connectivity index is 2.05. The standard InChI is InChI=1S/C20H22N2O2S2/c1-5-16-8-6-7-14(3)20(16)22-26(23,24)19-11-17(10-9-13(19)2)18-12-25-15(4)21-18/h6-12,22H,5H2,1-4H3. The molecule has 0 aliphatic rings. The highest BCUT2D eigenvalue weighted by Crippen LogP contribution is 2.29. The van der Waals surface area contributed by atoms with E-state index >= 15 is 0 Å². The van der Waals surface area contributed by atoms with Gasteiger partial charge in [0.1, 0.15) is 0 Å². The quantitative estimate of drug-likeness (QED) is 0.664. The van der Waals surface area contributed by atoms with Gasteiger partial charge >= 0.3 is 0 Å². The maximum atomic E-state index is 13.1. The van der Waals surface area contributed by atoms with Gasteiger partial charge in [-0.3, -0.25) is 4.72 Å². The van der Waals surface area contributed by atoms with Gasteiger partial charge in [-0.1, -0.05) is 37.3 Å². The molecule has 1 N–H and O–H groups in total. The van der Waals surface area contributed by atoms with Gasteiger partial charge in [0, 0.05) is 10.9 Å². The van der Waals surface area contributed by atoms with Crippen LogP contribution < -0.4 is 4.72 Å². The normalized spacial score (nSPS) is 11.5. The molecule has 0 amide bonds. The minimum Gasteiger partial charge on any atom is -0.279 e. The number of hydrogen-bond acceptors (Lipinski definition) is 4. The Kier molecular flexibility index (Phi) is 5.16. The molecule has 2 aromatic carbocycles. The van der Waals surface area contributed by atoms with Crippen LogP contribution >= 0.6 is 11.3 Å². The van der Waals surface area contributed by atoms with E-state index in [1.165, 1.54) is 0 Å². The van der Waals surface area contributed by atoms with Crippen molar-refractivity contribution >= 4 is 27.0 Å². The largest absolute Gasteiger partial charge is 0.279 e. The van der Waals surface area contributed by atoms with E-state index < -0.39 is 10.0 Å². The number of rotatable bonds is 5. The summed E-state index contributed by atoms with van der Waals surface area (Å²) in [5.74, 6) is 0. The van der Waals surface area contributed by atoms with E-state index in [0.29, 0.717) is 11.3 Å². The summed E-state index contributed by atoms with van der Waals surface area (Å²) in [4.78, 5) is 4.75. The zero-order valence-electron chi connectivity index (χ0n) is 15.3. The lowest BCUT2D eigenvalue weighted by Crippen LogP contribution is -2.16. The predicted molar refractivity (Wildman–Crippen MR) is 108 cm³/mol. The molecule has 1 heterocycles. The Morgan fingerprint density at radius 2 is 1.85 bits per heavy atom. The molecule has 0 aliphatic heterocycles. The van der Waals surface area contributed by atoms with Gasteiger partial charge in [0.15, 0.2) is 0 Å². The van der Waals surface area contributed by atoms with E-state index in [9.17, 15) is 8.42 Å². The molecule has 0 unspecified atom stereocenters. The molecule has 136 valence electrons. The number of sulfonamides is 1. The first-order valence-corrected chi connectivity index (χ1v) is 10.8. The van der Waals surface area contributed by atoms with Gasteiger partial charge in [0.2, 0.25) is 0 Å². The van der Waals surface area contributed by atoms with Crippen LogP contribution in [0, 0.1) is 20.8 Å². The summed E-state index contributed by atoms with van der Waals surface area (Å²) in [7, 11) is -3.70. The predicted octanol–water partition coefficient (Wildman–Crippen LogP) is 5.10. The first-order chi connectivity index (χ1) is 12.3. The molecule has 3 rings (SSSR count). The van der Waals surface area contributed by atoms with E-state index in [2.05, 4.69) is 9.71 Å². The van der Waals surface area contributed by atoms with Crippen molar-refractivity contribution in [1.82, 2.24) is 4.98 Å². The molecule has 0 bridgehead atoms. The molecule has 0 fully saturated rings. The lowest BCUT2D eigenvalue weighted by molar-refractivity contribution is 0.600. The number of benzene rings is 2. The molecule has 0 spiro atoms. The van der Waals surface area contributed by atoms with Gasteiger partial charge in [-0.05, 0) is 49.9 Å². The Labute approximate surface area is 159 Å². The van der Waals surface area contributed by atoms with Crippen molar-refractivity contribution in [2.24, 2.45) is 0 Å². The Morgan fingerprint density at radius 3 is 2.50 bits per heavy atom. The van der Waals surface area contributed by atoms with Crippen molar-refractivity contribution < 1.29 is 8.42 Å². The van der Waals surface area contributed by atoms with Crippen LogP contribution in [0.2, 0.25) is 0 Å². The monoisotopic (exact) mass is 386 g/mol. The van der Waals surface area contributed by atoms with E-state index in [-0.39, 0.29) is 4.90 Å². The van der Waals surface area contributed by atoms with Gasteiger partial charge in [-0.2, -0.15) is 0 Å². The molecule has 0 aliphatic carbocycles. The first kappa shape index (κ1) is 18.6. The van der Waals surface area contributed by atoms with E-state index in [0.717, 1.165) is 33.8 Å². The van der Waals surface area contributed by atoms with Crippen LogP contribution in [0.3, 0.4) is 0 Å². The second-order valence-corrected chi connectivity index (χ2v) is 9.01. The van der Waals surface area contributed by atoms with Crippen LogP contribution in [-0.4, -0.2) is 13.4 Å². The summed E-state index contributed by atoms with van der Waals surface area (Å²) in [5, 5.41) is 2.90. The second kappa shape index (κ2) is 7.21. The Bertz CT molecular complexity index is 1050. The zero-order valence-corrected chi connectivity index (χ0v) is 17.0. The molecular formula is C20H22N2O2S2. The molecule has 0 saturated carbocycles. The highest BCUT2D eigenvalue weighted by atomic mass is 32.2. The van der Waals surface area contributed by atoms with Crippen LogP contribution in [0.4, 0.5) is 5.69 Å². The van der Waals surface area contributed by atoms with Crippen LogP contribution in [0.15, 0.2) is 46.7 Å². The SMILES string of the molecule is CCc1cccc(C)c1NS(=O)(=O)c1cc(-c2csc(C)n2)ccc1C. The summed E-state index contributed by atoms with van der Waals surface area (Å²) < 4.78 is 29.0. The number of hydrogen-bond donors (Lipinski definition) is 1. The number of nitrogens with zero attached hydrogens (tertiary/aromatic N) is 1. The van der Waals surface area contributed by atoms with Crippen molar-refractivity contribution in [2.45, 2.75) is 39.0 Å². The molecule has 0 radical (unpaired) electrons. The number of aryl methyl sites for hydroxylation is 4. The summed E-state index contributed by atoms with van der Waals surface area (Å²) in [6, 6.07) is 11.3. The Hall–Kier alpha value is -2.18. The van der Waals surface area contributed by atoms with Crippen molar-refractivity contribution in [3.8, 4) is 11.3 Å². The van der Waals surface area contributed by atoms with E-state index in [1.807, 2.05) is 63.4 Å². The number of anilines is 1. The number of aromatic nitrogens is 1. The Morgan fingerprint density at radius 1 is 1.08 bits per heavy atom. The molecule has 0 saturated heterocycles. The van der Waals surface area contributed by atoms with Crippen LogP contribution in [0.25, 0.3) is 11.3 Å². The lowest BCUT2D eigenvalue weighted by atomic mass is 10.1. The minimum atomic E-state index is -3.70. The summed E-state index contributed by atoms with van der Waals surface area (Å²) >= 11 is 1.55. The maximum Gasteiger partial charge on any atom is 0.262 e. The molecule has 0 atom stereocenters. The molecule has 3 aromatic rings. The van der Waals surface area contributed by atoms with Gasteiger partial charge in [0.05, 0.1) is 21.3 Å². The molecule has 1 aromatic heterocycles. The fourth-order valence-electron chi connectivity index (χ4n) is 2.90. The zero-order chi connectivity index (χ0) is 18.9. The summed E-state index contributed by atoms with van der Waals surface area (Å²) in [6.45, 7) is 7.68. The number of thiazole rings is 1. The average molecular weight is 387 g/mol. The third-order valence-corrected chi connectivity index (χ3v) is 6.63. The van der Waals surface area contributed by atoms with Crippen LogP contribution in [0.1, 0.15) is 28.6 Å². The number of nitrogens with one attached hydrogen (secondary N) is 1. The third-order valence-electron chi connectivity index (χ3n) is 4.37. The summed E-state index contributed by atoms with van der Waals surface area (Å²) in [6.07, 6.45) is 0.761. The van der Waals surface area contributed by atoms with Gasteiger partial charge in [-0.15, -0.1) is 11.3 Å². The minimum absolute atomic E-state index is 0.283. The van der Waals surface area contributed by atoms with Crippen molar-refractivity contribution in [1.29, 1.82) is 0 Å². The second-order valence-electron chi connectivity index (χ2n) is 6.30. The first-order valence-electron chi connectivity index (χ1n) is 8.46. The van der Waals surface area contributed by atoms with Gasteiger partial charge in [0.25, 0.3) is 10.0 Å². The summed E-state index contributed by atoms with van der Waals surface area (Å²) in [5.41, 5.74) is 4.88. The highest BCUT2D eigenvalue weighted by Gasteiger charge is 2.20. The molecule has 26 heavy (non-hydrogen) atoms. The number of para-hydroxylation sites is 1. The average Bonchev–Trinajstić information content (AvgIpc) is 3.03. The van der Waals surface area contributed by atoms with Crippen molar-refractivity contribution in [3.63, 3.8) is 0 Å². The fraction of sp³-hybridized carbons (Fsp3) is 0.250. The lowest BCUT2D eigenvalue weighted by Gasteiger charge is -2.16. The topological polar surface area (TPSA) is 59.1 Å². The van der Waals surface area contributed by atoms with Crippen molar-refractivity contribution in [3.05, 3.63) is 63.5 Å². The third kappa shape index (κ3) is 3.66. The van der Waals surface area contributed by atoms with E-state index in [4.69, 9.17) is 0 Å². The van der Waals surface area contributed by atoms with Crippen LogP contribution in [-0.2, 0) is 16.4 Å². The fourth-order valence-corrected chi connectivity index (χ4v) is 4.97. The van der Waals surface area contributed by atoms with Gasteiger partial charge in [-0.25, -0.2) is 13.4 Å².